The van der Waals surface area contributed by atoms with Crippen molar-refractivity contribution in [1.82, 2.24) is 14.8 Å². The molecule has 22 heavy (non-hydrogen) atoms. The first kappa shape index (κ1) is 14.4. The van der Waals surface area contributed by atoms with E-state index in [1.54, 1.807) is 41.3 Å². The molecule has 0 spiro atoms. The number of nitrogens with zero attached hydrogens (tertiary/aromatic N) is 3. The first-order valence-electron chi connectivity index (χ1n) is 6.35. The average Bonchev–Trinajstić information content (AvgIpc) is 3.04. The molecule has 3 aromatic rings. The van der Waals surface area contributed by atoms with Crippen LogP contribution in [0.3, 0.4) is 0 Å². The van der Waals surface area contributed by atoms with Crippen molar-refractivity contribution in [2.24, 2.45) is 0 Å². The Hall–Kier alpha value is -2.54. The largest absolute Gasteiger partial charge is 0.319 e. The summed E-state index contributed by atoms with van der Waals surface area (Å²) in [6.45, 7) is 0. The lowest BCUT2D eigenvalue weighted by atomic mass is 10.2. The van der Waals surface area contributed by atoms with E-state index in [9.17, 15) is 9.18 Å². The molecule has 2 aromatic carbocycles. The Kier molecular flexibility index (Phi) is 3.97. The van der Waals surface area contributed by atoms with E-state index in [4.69, 9.17) is 0 Å². The third-order valence-electron chi connectivity index (χ3n) is 2.99. The molecule has 1 N–H and O–H groups in total. The van der Waals surface area contributed by atoms with E-state index < -0.39 is 5.82 Å². The lowest BCUT2D eigenvalue weighted by Crippen LogP contribution is -2.13. The molecule has 5 nitrogen and oxygen atoms in total. The molecular weight excluding hydrogens is 351 g/mol. The number of halogens is 2. The first-order valence-corrected chi connectivity index (χ1v) is 7.14. The number of anilines is 1. The smallest absolute Gasteiger partial charge is 0.255 e. The van der Waals surface area contributed by atoms with Crippen LogP contribution < -0.4 is 5.32 Å². The van der Waals surface area contributed by atoms with Crippen molar-refractivity contribution in [2.75, 3.05) is 5.32 Å². The number of amides is 1. The minimum Gasteiger partial charge on any atom is -0.319 e. The standard InChI is InChI=1S/C15H10BrFN4O/c16-11-3-6-14(13(17)7-11)20-15(22)10-1-4-12(5-2-10)21-9-18-8-19-21/h1-9H,(H,20,22). The van der Waals surface area contributed by atoms with Crippen molar-refractivity contribution < 1.29 is 9.18 Å². The van der Waals surface area contributed by atoms with Crippen LogP contribution in [-0.4, -0.2) is 20.7 Å². The molecule has 0 atom stereocenters. The normalized spacial score (nSPS) is 10.5. The molecule has 7 heteroatoms. The van der Waals surface area contributed by atoms with Crippen LogP contribution in [-0.2, 0) is 0 Å². The fourth-order valence-electron chi connectivity index (χ4n) is 1.89. The second-order valence-corrected chi connectivity index (χ2v) is 5.38. The van der Waals surface area contributed by atoms with Crippen LogP contribution in [0.15, 0.2) is 59.6 Å². The van der Waals surface area contributed by atoms with E-state index >= 15 is 0 Å². The molecule has 0 bridgehead atoms. The number of nitrogens with one attached hydrogen (secondary N) is 1. The van der Waals surface area contributed by atoms with Crippen LogP contribution in [0.2, 0.25) is 0 Å². The molecule has 0 aliphatic carbocycles. The Morgan fingerprint density at radius 3 is 2.59 bits per heavy atom. The molecule has 0 unspecified atom stereocenters. The third kappa shape index (κ3) is 3.04. The lowest BCUT2D eigenvalue weighted by molar-refractivity contribution is 0.102. The van der Waals surface area contributed by atoms with E-state index in [1.807, 2.05) is 0 Å². The third-order valence-corrected chi connectivity index (χ3v) is 3.49. The van der Waals surface area contributed by atoms with Crippen LogP contribution in [0.5, 0.6) is 0 Å². The molecule has 3 rings (SSSR count). The van der Waals surface area contributed by atoms with Crippen LogP contribution in [0.25, 0.3) is 5.69 Å². The van der Waals surface area contributed by atoms with Gasteiger partial charge in [0.05, 0.1) is 11.4 Å². The minimum atomic E-state index is -0.498. The fourth-order valence-corrected chi connectivity index (χ4v) is 2.23. The monoisotopic (exact) mass is 360 g/mol. The van der Waals surface area contributed by atoms with Gasteiger partial charge in [-0.05, 0) is 42.5 Å². The molecule has 0 radical (unpaired) electrons. The Labute approximate surface area is 133 Å². The number of carbonyl (C=O) groups excluding carboxylic acids is 1. The number of rotatable bonds is 3. The summed E-state index contributed by atoms with van der Waals surface area (Å²) in [6.07, 6.45) is 2.99. The molecular formula is C15H10BrFN4O. The number of benzene rings is 2. The number of aromatic nitrogens is 3. The van der Waals surface area contributed by atoms with Crippen molar-refractivity contribution in [3.05, 3.63) is 71.0 Å². The summed E-state index contributed by atoms with van der Waals surface area (Å²) in [5.74, 6) is -0.881. The Morgan fingerprint density at radius 1 is 1.18 bits per heavy atom. The summed E-state index contributed by atoms with van der Waals surface area (Å²) < 4.78 is 15.9. The van der Waals surface area contributed by atoms with E-state index in [0.717, 1.165) is 5.69 Å². The van der Waals surface area contributed by atoms with Gasteiger partial charge in [-0.2, -0.15) is 5.10 Å². The molecule has 0 fully saturated rings. The van der Waals surface area contributed by atoms with E-state index in [-0.39, 0.29) is 11.6 Å². The van der Waals surface area contributed by atoms with Crippen LogP contribution in [0, 0.1) is 5.82 Å². The maximum Gasteiger partial charge on any atom is 0.255 e. The fraction of sp³-hybridized carbons (Fsp3) is 0. The highest BCUT2D eigenvalue weighted by molar-refractivity contribution is 9.10. The molecule has 110 valence electrons. The summed E-state index contributed by atoms with van der Waals surface area (Å²) in [5, 5.41) is 6.54. The number of hydrogen-bond donors (Lipinski definition) is 1. The van der Waals surface area contributed by atoms with Crippen LogP contribution in [0.1, 0.15) is 10.4 Å². The maximum atomic E-state index is 13.7. The SMILES string of the molecule is O=C(Nc1ccc(Br)cc1F)c1ccc(-n2cncn2)cc1. The van der Waals surface area contributed by atoms with Gasteiger partial charge in [0.15, 0.2) is 0 Å². The Morgan fingerprint density at radius 2 is 1.95 bits per heavy atom. The second kappa shape index (κ2) is 6.07. The topological polar surface area (TPSA) is 59.8 Å². The average molecular weight is 361 g/mol. The minimum absolute atomic E-state index is 0.133. The van der Waals surface area contributed by atoms with Gasteiger partial charge < -0.3 is 5.32 Å². The van der Waals surface area contributed by atoms with Crippen molar-refractivity contribution in [2.45, 2.75) is 0 Å². The van der Waals surface area contributed by atoms with E-state index in [1.165, 1.54) is 18.5 Å². The highest BCUT2D eigenvalue weighted by atomic mass is 79.9. The molecule has 1 heterocycles. The molecule has 1 amide bonds. The van der Waals surface area contributed by atoms with Gasteiger partial charge in [0.2, 0.25) is 0 Å². The van der Waals surface area contributed by atoms with Gasteiger partial charge in [-0.25, -0.2) is 14.1 Å². The summed E-state index contributed by atoms with van der Waals surface area (Å²) in [4.78, 5) is 16.0. The van der Waals surface area contributed by atoms with Crippen LogP contribution in [0.4, 0.5) is 10.1 Å². The molecule has 0 saturated carbocycles. The zero-order chi connectivity index (χ0) is 15.5. The molecule has 0 aliphatic heterocycles. The number of hydrogen-bond acceptors (Lipinski definition) is 3. The lowest BCUT2D eigenvalue weighted by Gasteiger charge is -2.07. The van der Waals surface area contributed by atoms with E-state index in [0.29, 0.717) is 10.0 Å². The number of carbonyl (C=O) groups is 1. The summed E-state index contributed by atoms with van der Waals surface area (Å²) in [7, 11) is 0. The van der Waals surface area contributed by atoms with Crippen LogP contribution >= 0.6 is 15.9 Å². The van der Waals surface area contributed by atoms with Crippen molar-refractivity contribution in [1.29, 1.82) is 0 Å². The highest BCUT2D eigenvalue weighted by Gasteiger charge is 2.10. The van der Waals surface area contributed by atoms with Gasteiger partial charge in [0.25, 0.3) is 5.91 Å². The molecule has 0 aliphatic rings. The predicted molar refractivity (Wildman–Crippen MR) is 83.4 cm³/mol. The van der Waals surface area contributed by atoms with Gasteiger partial charge in [-0.3, -0.25) is 4.79 Å². The van der Waals surface area contributed by atoms with E-state index in [2.05, 4.69) is 31.3 Å². The Bertz CT molecular complexity index is 803. The maximum absolute atomic E-state index is 13.7. The van der Waals surface area contributed by atoms with Gasteiger partial charge >= 0.3 is 0 Å². The van der Waals surface area contributed by atoms with Crippen molar-refractivity contribution in [3.8, 4) is 5.69 Å². The zero-order valence-corrected chi connectivity index (χ0v) is 12.8. The van der Waals surface area contributed by atoms with Gasteiger partial charge in [-0.1, -0.05) is 15.9 Å². The summed E-state index contributed by atoms with van der Waals surface area (Å²) in [5.41, 5.74) is 1.34. The quantitative estimate of drug-likeness (QED) is 0.778. The highest BCUT2D eigenvalue weighted by Crippen LogP contribution is 2.20. The van der Waals surface area contributed by atoms with Crippen molar-refractivity contribution >= 4 is 27.5 Å². The summed E-state index contributed by atoms with van der Waals surface area (Å²) in [6, 6.07) is 11.2. The van der Waals surface area contributed by atoms with Crippen molar-refractivity contribution in [3.63, 3.8) is 0 Å². The summed E-state index contributed by atoms with van der Waals surface area (Å²) >= 11 is 3.17. The molecule has 0 saturated heterocycles. The zero-order valence-electron chi connectivity index (χ0n) is 11.2. The Balaban J connectivity index is 1.77. The van der Waals surface area contributed by atoms with Gasteiger partial charge in [0.1, 0.15) is 18.5 Å². The second-order valence-electron chi connectivity index (χ2n) is 4.47. The molecule has 1 aromatic heterocycles. The first-order chi connectivity index (χ1) is 10.6. The predicted octanol–water partition coefficient (Wildman–Crippen LogP) is 3.42. The van der Waals surface area contributed by atoms with Gasteiger partial charge in [0, 0.05) is 10.0 Å². The van der Waals surface area contributed by atoms with Gasteiger partial charge in [-0.15, -0.1) is 0 Å².